The summed E-state index contributed by atoms with van der Waals surface area (Å²) in [5, 5.41) is 3.03. The van der Waals surface area contributed by atoms with E-state index in [1.54, 1.807) is 12.4 Å². The summed E-state index contributed by atoms with van der Waals surface area (Å²) in [4.78, 5) is 42.8. The largest absolute Gasteiger partial charge is 0.573 e. The standard InChI is InChI=1S/C32H35F3N6O5/c1-21(23-7-9-36-27(19-23)39-11-15-44-16-12-39)31(22(2)24-8-10-37-28(20-24)40-13-17-45-18-14-40)29(42)41(30(43)38-31)25-3-5-26(6-4-25)46-32(33,34)35/h3-10,19-22H,11-18H2,1-2H3,(H,38,43). The molecule has 0 aliphatic carbocycles. The van der Waals surface area contributed by atoms with E-state index in [0.29, 0.717) is 52.6 Å². The Morgan fingerprint density at radius 2 is 1.28 bits per heavy atom. The number of alkyl halides is 3. The summed E-state index contributed by atoms with van der Waals surface area (Å²) >= 11 is 0. The average Bonchev–Trinajstić information content (AvgIpc) is 3.34. The van der Waals surface area contributed by atoms with Crippen molar-refractivity contribution < 1.29 is 37.0 Å². The SMILES string of the molecule is CC(c1ccnc(N2CCOCC2)c1)C1(C(C)c2ccnc(N3CCOCC3)c2)NC(=O)N(c2ccc(OC(F)(F)F)cc2)C1=O. The van der Waals surface area contributed by atoms with Crippen LogP contribution in [0.15, 0.2) is 60.9 Å². The second kappa shape index (κ2) is 12.8. The van der Waals surface area contributed by atoms with Crippen LogP contribution in [-0.4, -0.2) is 86.4 Å². The summed E-state index contributed by atoms with van der Waals surface area (Å²) in [5.74, 6) is -0.627. The zero-order chi connectivity index (χ0) is 32.5. The van der Waals surface area contributed by atoms with E-state index in [4.69, 9.17) is 9.47 Å². The molecule has 3 aliphatic heterocycles. The predicted molar refractivity (Wildman–Crippen MR) is 163 cm³/mol. The number of ether oxygens (including phenoxy) is 3. The van der Waals surface area contributed by atoms with Crippen LogP contribution in [0.4, 0.5) is 35.3 Å². The Balaban J connectivity index is 1.39. The summed E-state index contributed by atoms with van der Waals surface area (Å²) < 4.78 is 53.3. The molecule has 0 saturated carbocycles. The fourth-order valence-corrected chi connectivity index (χ4v) is 6.42. The first-order valence-corrected chi connectivity index (χ1v) is 15.2. The van der Waals surface area contributed by atoms with Crippen molar-refractivity contribution in [2.24, 2.45) is 0 Å². The van der Waals surface area contributed by atoms with Crippen molar-refractivity contribution in [3.63, 3.8) is 0 Å². The van der Waals surface area contributed by atoms with Gasteiger partial charge in [0.15, 0.2) is 0 Å². The Morgan fingerprint density at radius 1 is 0.804 bits per heavy atom. The molecule has 3 aliphatic rings. The van der Waals surface area contributed by atoms with Crippen molar-refractivity contribution in [1.82, 2.24) is 15.3 Å². The van der Waals surface area contributed by atoms with Crippen LogP contribution in [0.2, 0.25) is 0 Å². The molecular formula is C32H35F3N6O5. The first kappa shape index (κ1) is 31.5. The van der Waals surface area contributed by atoms with Gasteiger partial charge in [0, 0.05) is 50.4 Å². The van der Waals surface area contributed by atoms with Crippen LogP contribution < -0.4 is 24.8 Å². The molecule has 14 heteroatoms. The highest BCUT2D eigenvalue weighted by Gasteiger charge is 2.59. The van der Waals surface area contributed by atoms with Crippen molar-refractivity contribution in [1.29, 1.82) is 0 Å². The molecule has 1 aromatic carbocycles. The van der Waals surface area contributed by atoms with Gasteiger partial charge in [-0.1, -0.05) is 13.8 Å². The van der Waals surface area contributed by atoms with E-state index < -0.39 is 41.4 Å². The summed E-state index contributed by atoms with van der Waals surface area (Å²) in [7, 11) is 0. The van der Waals surface area contributed by atoms with Gasteiger partial charge in [-0.25, -0.2) is 19.7 Å². The minimum absolute atomic E-state index is 0.116. The summed E-state index contributed by atoms with van der Waals surface area (Å²) in [5.41, 5.74) is 0.210. The Bertz CT molecular complexity index is 1490. The van der Waals surface area contributed by atoms with E-state index in [2.05, 4.69) is 29.8 Å². The molecule has 0 radical (unpaired) electrons. The topological polar surface area (TPSA) is 109 Å². The molecule has 0 bridgehead atoms. The quantitative estimate of drug-likeness (QED) is 0.357. The molecule has 2 aromatic heterocycles. The number of morpholine rings is 2. The van der Waals surface area contributed by atoms with E-state index in [-0.39, 0.29) is 5.69 Å². The first-order valence-electron chi connectivity index (χ1n) is 15.2. The molecule has 46 heavy (non-hydrogen) atoms. The van der Waals surface area contributed by atoms with Gasteiger partial charge in [0.25, 0.3) is 5.91 Å². The number of imide groups is 1. The number of nitrogens with zero attached hydrogens (tertiary/aromatic N) is 5. The molecule has 6 rings (SSSR count). The van der Waals surface area contributed by atoms with Gasteiger partial charge in [0.05, 0.1) is 32.1 Å². The molecule has 5 heterocycles. The number of carbonyl (C=O) groups excluding carboxylic acids is 2. The number of anilines is 3. The zero-order valence-corrected chi connectivity index (χ0v) is 25.5. The molecule has 11 nitrogen and oxygen atoms in total. The number of nitrogens with one attached hydrogen (secondary N) is 1. The van der Waals surface area contributed by atoms with Crippen LogP contribution in [0.3, 0.4) is 0 Å². The minimum atomic E-state index is -4.88. The van der Waals surface area contributed by atoms with Gasteiger partial charge in [0.1, 0.15) is 22.9 Å². The third-order valence-corrected chi connectivity index (χ3v) is 8.98. The number of hydrogen-bond donors (Lipinski definition) is 1. The van der Waals surface area contributed by atoms with Crippen LogP contribution in [0, 0.1) is 0 Å². The van der Waals surface area contributed by atoms with Gasteiger partial charge in [-0.15, -0.1) is 13.2 Å². The lowest BCUT2D eigenvalue weighted by atomic mass is 9.70. The number of benzene rings is 1. The minimum Gasteiger partial charge on any atom is -0.406 e. The van der Waals surface area contributed by atoms with Crippen molar-refractivity contribution in [2.75, 3.05) is 67.3 Å². The highest BCUT2D eigenvalue weighted by molar-refractivity contribution is 6.24. The molecule has 0 spiro atoms. The van der Waals surface area contributed by atoms with Crippen LogP contribution in [0.1, 0.15) is 36.8 Å². The number of rotatable bonds is 8. The second-order valence-corrected chi connectivity index (χ2v) is 11.5. The lowest BCUT2D eigenvalue weighted by Crippen LogP contribution is -2.55. The summed E-state index contributed by atoms with van der Waals surface area (Å²) in [6, 6.07) is 11.5. The smallest absolute Gasteiger partial charge is 0.406 e. The summed E-state index contributed by atoms with van der Waals surface area (Å²) in [6.07, 6.45) is -1.50. The fraction of sp³-hybridized carbons (Fsp3) is 0.438. The van der Waals surface area contributed by atoms with E-state index in [0.717, 1.165) is 39.8 Å². The lowest BCUT2D eigenvalue weighted by Gasteiger charge is -2.39. The first-order chi connectivity index (χ1) is 22.1. The van der Waals surface area contributed by atoms with Gasteiger partial charge < -0.3 is 29.3 Å². The Hall–Kier alpha value is -4.43. The van der Waals surface area contributed by atoms with E-state index in [1.807, 2.05) is 38.1 Å². The van der Waals surface area contributed by atoms with Gasteiger partial charge >= 0.3 is 12.4 Å². The van der Waals surface area contributed by atoms with E-state index in [1.165, 1.54) is 12.1 Å². The molecule has 1 N–H and O–H groups in total. The summed E-state index contributed by atoms with van der Waals surface area (Å²) in [6.45, 7) is 8.77. The molecule has 244 valence electrons. The number of halogens is 3. The Labute approximate surface area is 264 Å². The van der Waals surface area contributed by atoms with Crippen LogP contribution >= 0.6 is 0 Å². The number of amides is 3. The maximum Gasteiger partial charge on any atom is 0.573 e. The highest BCUT2D eigenvalue weighted by atomic mass is 19.4. The average molecular weight is 641 g/mol. The van der Waals surface area contributed by atoms with Crippen LogP contribution in [0.5, 0.6) is 5.75 Å². The van der Waals surface area contributed by atoms with Gasteiger partial charge in [-0.3, -0.25) is 4.79 Å². The van der Waals surface area contributed by atoms with Gasteiger partial charge in [0.2, 0.25) is 0 Å². The normalized spacial score (nSPS) is 22.1. The Morgan fingerprint density at radius 3 is 1.74 bits per heavy atom. The maximum atomic E-state index is 14.7. The molecule has 2 unspecified atom stereocenters. The van der Waals surface area contributed by atoms with Crippen LogP contribution in [0.25, 0.3) is 0 Å². The van der Waals surface area contributed by atoms with E-state index in [9.17, 15) is 22.8 Å². The van der Waals surface area contributed by atoms with Crippen molar-refractivity contribution in [2.45, 2.75) is 37.6 Å². The molecule has 3 aromatic rings. The third-order valence-electron chi connectivity index (χ3n) is 8.98. The zero-order valence-electron chi connectivity index (χ0n) is 25.5. The molecule has 3 saturated heterocycles. The van der Waals surface area contributed by atoms with Gasteiger partial charge in [-0.05, 0) is 59.7 Å². The number of carbonyl (C=O) groups is 2. The molecular weight excluding hydrogens is 605 g/mol. The molecule has 3 fully saturated rings. The van der Waals surface area contributed by atoms with Crippen molar-refractivity contribution >= 4 is 29.3 Å². The number of urea groups is 1. The van der Waals surface area contributed by atoms with E-state index >= 15 is 0 Å². The molecule has 3 amide bonds. The predicted octanol–water partition coefficient (Wildman–Crippen LogP) is 4.45. The number of pyridine rings is 2. The molecule has 2 atom stereocenters. The van der Waals surface area contributed by atoms with Crippen molar-refractivity contribution in [3.8, 4) is 5.75 Å². The number of aromatic nitrogens is 2. The maximum absolute atomic E-state index is 14.7. The third kappa shape index (κ3) is 6.18. The monoisotopic (exact) mass is 640 g/mol. The number of hydrogen-bond acceptors (Lipinski definition) is 9. The second-order valence-electron chi connectivity index (χ2n) is 11.5. The van der Waals surface area contributed by atoms with Gasteiger partial charge in [-0.2, -0.15) is 0 Å². The highest BCUT2D eigenvalue weighted by Crippen LogP contribution is 2.45. The van der Waals surface area contributed by atoms with Crippen LogP contribution in [-0.2, 0) is 14.3 Å². The Kier molecular flexibility index (Phi) is 8.75. The lowest BCUT2D eigenvalue weighted by molar-refractivity contribution is -0.274. The van der Waals surface area contributed by atoms with Crippen molar-refractivity contribution in [3.05, 3.63) is 72.1 Å². The fourth-order valence-electron chi connectivity index (χ4n) is 6.42.